The van der Waals surface area contributed by atoms with Gasteiger partial charge in [0.15, 0.2) is 0 Å². The van der Waals surface area contributed by atoms with E-state index in [1.54, 1.807) is 0 Å². The van der Waals surface area contributed by atoms with Crippen molar-refractivity contribution in [3.8, 4) is 55.6 Å². The van der Waals surface area contributed by atoms with Crippen LogP contribution in [0.1, 0.15) is 25.0 Å². The molecule has 0 bridgehead atoms. The molecule has 5 heteroatoms. The minimum Gasteiger partial charge on any atom is -0.309 e. The second-order valence-corrected chi connectivity index (χ2v) is 20.3. The van der Waals surface area contributed by atoms with Gasteiger partial charge in [-0.25, -0.2) is 9.97 Å². The molecule has 0 saturated heterocycles. The predicted octanol–water partition coefficient (Wildman–Crippen LogP) is 17.5. The van der Waals surface area contributed by atoms with Crippen molar-refractivity contribution in [2.75, 3.05) is 0 Å². The van der Waals surface area contributed by atoms with Gasteiger partial charge in [0.25, 0.3) is 0 Å². The summed E-state index contributed by atoms with van der Waals surface area (Å²) in [5, 5.41) is 9.41. The summed E-state index contributed by atoms with van der Waals surface area (Å²) in [7, 11) is 0. The maximum absolute atomic E-state index is 5.82. The van der Waals surface area contributed by atoms with E-state index in [-0.39, 0.29) is 5.41 Å². The van der Waals surface area contributed by atoms with Crippen LogP contribution in [0, 0.1) is 0 Å². The average molecular weight is 911 g/mol. The molecule has 0 amide bonds. The lowest BCUT2D eigenvalue weighted by atomic mass is 9.82. The van der Waals surface area contributed by atoms with E-state index in [0.717, 1.165) is 60.6 Å². The Bertz CT molecular complexity index is 4500. The Balaban J connectivity index is 1.01. The number of rotatable bonds is 5. The molecule has 0 N–H and O–H groups in total. The second-order valence-electron chi connectivity index (χ2n) is 19.3. The molecule has 328 valence electrons. The van der Waals surface area contributed by atoms with Crippen LogP contribution in [0.5, 0.6) is 0 Å². The van der Waals surface area contributed by atoms with Crippen LogP contribution in [0.2, 0.25) is 0 Å². The van der Waals surface area contributed by atoms with Crippen molar-refractivity contribution >= 4 is 86.7 Å². The molecule has 70 heavy (non-hydrogen) atoms. The highest BCUT2D eigenvalue weighted by atomic mass is 32.1. The van der Waals surface area contributed by atoms with Gasteiger partial charge in [0.05, 0.1) is 33.3 Å². The molecule has 0 spiro atoms. The first-order valence-electron chi connectivity index (χ1n) is 24.1. The number of benzene rings is 10. The molecular weight excluding hydrogens is 869 g/mol. The molecule has 0 atom stereocenters. The topological polar surface area (TPSA) is 35.6 Å². The van der Waals surface area contributed by atoms with E-state index in [1.807, 2.05) is 11.3 Å². The molecule has 4 heterocycles. The number of para-hydroxylation sites is 2. The molecule has 0 aliphatic heterocycles. The van der Waals surface area contributed by atoms with E-state index in [0.29, 0.717) is 5.95 Å². The van der Waals surface area contributed by atoms with Crippen molar-refractivity contribution in [2.45, 2.75) is 19.3 Å². The van der Waals surface area contributed by atoms with E-state index in [2.05, 4.69) is 241 Å². The van der Waals surface area contributed by atoms with Crippen molar-refractivity contribution in [1.29, 1.82) is 0 Å². The number of nitrogens with zero attached hydrogens (tertiary/aromatic N) is 4. The number of fused-ring (bicyclic) bond motifs is 14. The van der Waals surface area contributed by atoms with E-state index in [1.165, 1.54) is 75.5 Å². The third-order valence-corrected chi connectivity index (χ3v) is 16.3. The zero-order valence-electron chi connectivity index (χ0n) is 38.5. The van der Waals surface area contributed by atoms with Gasteiger partial charge in [0.2, 0.25) is 5.95 Å². The summed E-state index contributed by atoms with van der Waals surface area (Å²) in [5.74, 6) is 0.655. The molecular formula is C65H42N4S. The van der Waals surface area contributed by atoms with Gasteiger partial charge in [-0.05, 0) is 104 Å². The van der Waals surface area contributed by atoms with E-state index >= 15 is 0 Å². The smallest absolute Gasteiger partial charge is 0.235 e. The van der Waals surface area contributed by atoms with Crippen LogP contribution >= 0.6 is 11.3 Å². The summed E-state index contributed by atoms with van der Waals surface area (Å²) in [6, 6.07) is 79.9. The fourth-order valence-corrected chi connectivity index (χ4v) is 13.1. The lowest BCUT2D eigenvalue weighted by Gasteiger charge is -2.22. The van der Waals surface area contributed by atoms with Crippen LogP contribution in [0.25, 0.3) is 131 Å². The van der Waals surface area contributed by atoms with Gasteiger partial charge in [0, 0.05) is 58.6 Å². The third kappa shape index (κ3) is 5.58. The minimum absolute atomic E-state index is 0.170. The van der Waals surface area contributed by atoms with Crippen molar-refractivity contribution < 1.29 is 0 Å². The van der Waals surface area contributed by atoms with Crippen LogP contribution in [0.4, 0.5) is 0 Å². The Hall–Kier alpha value is -8.64. The molecule has 14 aromatic rings. The molecule has 15 rings (SSSR count). The summed E-state index contributed by atoms with van der Waals surface area (Å²) in [6.45, 7) is 4.71. The summed E-state index contributed by atoms with van der Waals surface area (Å²) >= 11 is 1.83. The predicted molar refractivity (Wildman–Crippen MR) is 295 cm³/mol. The number of aromatic nitrogens is 4. The Morgan fingerprint density at radius 1 is 0.414 bits per heavy atom. The van der Waals surface area contributed by atoms with Gasteiger partial charge in [-0.1, -0.05) is 178 Å². The van der Waals surface area contributed by atoms with Crippen molar-refractivity contribution in [3.63, 3.8) is 0 Å². The molecule has 0 radical (unpaired) electrons. The summed E-state index contributed by atoms with van der Waals surface area (Å²) in [4.78, 5) is 12.7. The standard InChI is InChI=1S/C65H42N4S/c1-65(2)52-25-13-11-22-47(52)48-32-29-42(37-53(48)65)61-60-54(34-30-43-38-58(70-63(43)60)40-17-5-3-6-18-40)66-64(67-61)69-56-35-31-41(36-51(56)49-33-28-39-16-9-10-21-46(39)62(49)69)45-24-15-27-57-59(45)50-23-12-14-26-55(50)68(57)44-19-7-4-8-20-44/h3-38H,1-2H3. The molecule has 0 unspecified atom stereocenters. The van der Waals surface area contributed by atoms with Crippen LogP contribution in [0.15, 0.2) is 218 Å². The molecule has 0 fully saturated rings. The van der Waals surface area contributed by atoms with Gasteiger partial charge in [0.1, 0.15) is 0 Å². The molecule has 1 aliphatic carbocycles. The largest absolute Gasteiger partial charge is 0.309 e. The SMILES string of the molecule is CC1(C)c2ccccc2-c2ccc(-c3nc(-n4c5ccc(-c6cccc7c6c6ccccc6n7-c6ccccc6)cc5c5ccc6ccccc6c54)nc4ccc5cc(-c6ccccc6)sc5c34)cc21. The van der Waals surface area contributed by atoms with E-state index < -0.39 is 0 Å². The van der Waals surface area contributed by atoms with E-state index in [4.69, 9.17) is 9.97 Å². The Morgan fingerprint density at radius 3 is 2.00 bits per heavy atom. The molecule has 0 saturated carbocycles. The Morgan fingerprint density at radius 2 is 1.11 bits per heavy atom. The number of thiophene rings is 1. The molecule has 10 aromatic carbocycles. The monoisotopic (exact) mass is 910 g/mol. The average Bonchev–Trinajstić information content (AvgIpc) is 4.16. The van der Waals surface area contributed by atoms with Crippen molar-refractivity contribution in [3.05, 3.63) is 230 Å². The highest BCUT2D eigenvalue weighted by Gasteiger charge is 2.36. The summed E-state index contributed by atoms with van der Waals surface area (Å²) in [5.41, 5.74) is 17.3. The lowest BCUT2D eigenvalue weighted by Crippen LogP contribution is -2.15. The van der Waals surface area contributed by atoms with Crippen molar-refractivity contribution in [1.82, 2.24) is 19.1 Å². The fourth-order valence-electron chi connectivity index (χ4n) is 11.9. The van der Waals surface area contributed by atoms with Crippen LogP contribution in [-0.4, -0.2) is 19.1 Å². The highest BCUT2D eigenvalue weighted by molar-refractivity contribution is 7.23. The first-order valence-corrected chi connectivity index (χ1v) is 24.9. The Kier molecular flexibility index (Phi) is 8.26. The van der Waals surface area contributed by atoms with Gasteiger partial charge in [-0.3, -0.25) is 4.57 Å². The van der Waals surface area contributed by atoms with Gasteiger partial charge >= 0.3 is 0 Å². The maximum Gasteiger partial charge on any atom is 0.235 e. The highest BCUT2D eigenvalue weighted by Crippen LogP contribution is 2.51. The number of hydrogen-bond donors (Lipinski definition) is 0. The number of hydrogen-bond acceptors (Lipinski definition) is 3. The zero-order valence-corrected chi connectivity index (χ0v) is 39.3. The van der Waals surface area contributed by atoms with Crippen LogP contribution < -0.4 is 0 Å². The van der Waals surface area contributed by atoms with Crippen LogP contribution in [0.3, 0.4) is 0 Å². The second kappa shape index (κ2) is 14.7. The summed E-state index contributed by atoms with van der Waals surface area (Å²) in [6.07, 6.45) is 0. The van der Waals surface area contributed by atoms with Crippen molar-refractivity contribution in [2.24, 2.45) is 0 Å². The summed E-state index contributed by atoms with van der Waals surface area (Å²) < 4.78 is 5.93. The van der Waals surface area contributed by atoms with E-state index in [9.17, 15) is 0 Å². The molecule has 1 aliphatic rings. The first kappa shape index (κ1) is 39.4. The van der Waals surface area contributed by atoms with Crippen LogP contribution in [-0.2, 0) is 5.41 Å². The molecule has 4 nitrogen and oxygen atoms in total. The molecule has 4 aromatic heterocycles. The Labute approximate surface area is 408 Å². The van der Waals surface area contributed by atoms with Gasteiger partial charge in [-0.2, -0.15) is 0 Å². The third-order valence-electron chi connectivity index (χ3n) is 15.1. The quantitative estimate of drug-likeness (QED) is 0.172. The van der Waals surface area contributed by atoms with Gasteiger partial charge in [-0.15, -0.1) is 11.3 Å². The fraction of sp³-hybridized carbons (Fsp3) is 0.0462. The zero-order chi connectivity index (χ0) is 46.2. The minimum atomic E-state index is -0.170. The normalized spacial score (nSPS) is 13.1. The lowest BCUT2D eigenvalue weighted by molar-refractivity contribution is 0.660. The van der Waals surface area contributed by atoms with Gasteiger partial charge < -0.3 is 4.57 Å². The maximum atomic E-state index is 5.82. The first-order chi connectivity index (χ1) is 34.5.